The molecule has 138 valence electrons. The van der Waals surface area contributed by atoms with Gasteiger partial charge in [-0.05, 0) is 56.1 Å². The first-order chi connectivity index (χ1) is 12.8. The smallest absolute Gasteiger partial charge is 0.132 e. The van der Waals surface area contributed by atoms with Gasteiger partial charge in [-0.25, -0.2) is 4.98 Å². The van der Waals surface area contributed by atoms with Gasteiger partial charge in [0.15, 0.2) is 0 Å². The molecule has 6 heteroatoms. The lowest BCUT2D eigenvalue weighted by Crippen LogP contribution is -2.30. The maximum Gasteiger partial charge on any atom is 0.132 e. The minimum absolute atomic E-state index is 0.497. The molecule has 4 N–H and O–H groups in total. The first kappa shape index (κ1) is 17.1. The van der Waals surface area contributed by atoms with Crippen molar-refractivity contribution < 1.29 is 9.47 Å². The number of hydrogen-bond acceptors (Lipinski definition) is 6. The molecule has 1 saturated heterocycles. The minimum atomic E-state index is 0.497. The van der Waals surface area contributed by atoms with E-state index in [0.29, 0.717) is 25.1 Å². The van der Waals surface area contributed by atoms with Gasteiger partial charge in [0.25, 0.3) is 0 Å². The third-order valence-corrected chi connectivity index (χ3v) is 5.14. The second-order valence-corrected chi connectivity index (χ2v) is 6.85. The number of nitrogens with zero attached hydrogens (tertiary/aromatic N) is 1. The Bertz CT molecular complexity index is 757. The summed E-state index contributed by atoms with van der Waals surface area (Å²) >= 11 is 0. The van der Waals surface area contributed by atoms with Gasteiger partial charge in [-0.15, -0.1) is 0 Å². The molecule has 2 unspecified atom stereocenters. The highest BCUT2D eigenvalue weighted by atomic mass is 16.5. The molecule has 1 saturated carbocycles. The number of benzene rings is 1. The molecule has 4 rings (SSSR count). The van der Waals surface area contributed by atoms with Crippen LogP contribution in [0.4, 0.5) is 5.82 Å². The second-order valence-electron chi connectivity index (χ2n) is 6.85. The number of rotatable bonds is 8. The van der Waals surface area contributed by atoms with E-state index in [4.69, 9.17) is 15.2 Å². The van der Waals surface area contributed by atoms with E-state index in [1.54, 1.807) is 6.07 Å². The van der Waals surface area contributed by atoms with E-state index in [1.165, 1.54) is 0 Å². The van der Waals surface area contributed by atoms with E-state index in [-0.39, 0.29) is 0 Å². The van der Waals surface area contributed by atoms with Crippen molar-refractivity contribution in [2.75, 3.05) is 38.6 Å². The van der Waals surface area contributed by atoms with E-state index >= 15 is 0 Å². The Labute approximate surface area is 154 Å². The molecule has 1 aromatic heterocycles. The lowest BCUT2D eigenvalue weighted by Gasteiger charge is -2.13. The summed E-state index contributed by atoms with van der Waals surface area (Å²) in [6.07, 6.45) is 0. The summed E-state index contributed by atoms with van der Waals surface area (Å²) in [5, 5.41) is 7.00. The molecule has 26 heavy (non-hydrogen) atoms. The first-order valence-corrected chi connectivity index (χ1v) is 9.33. The van der Waals surface area contributed by atoms with E-state index in [9.17, 15) is 0 Å². The highest BCUT2D eigenvalue weighted by molar-refractivity contribution is 5.69. The van der Waals surface area contributed by atoms with Crippen molar-refractivity contribution in [3.63, 3.8) is 0 Å². The van der Waals surface area contributed by atoms with E-state index in [1.807, 2.05) is 37.3 Å². The number of nitrogens with one attached hydrogen (secondary N) is 2. The number of aromatic nitrogens is 1. The largest absolute Gasteiger partial charge is 0.493 e. The van der Waals surface area contributed by atoms with Crippen LogP contribution in [0.1, 0.15) is 6.92 Å². The number of fused-ring (bicyclic) bond motifs is 1. The highest BCUT2D eigenvalue weighted by Crippen LogP contribution is 2.41. The van der Waals surface area contributed by atoms with Crippen LogP contribution in [-0.4, -0.2) is 43.9 Å². The van der Waals surface area contributed by atoms with Gasteiger partial charge < -0.3 is 25.8 Å². The van der Waals surface area contributed by atoms with Gasteiger partial charge in [-0.3, -0.25) is 0 Å². The van der Waals surface area contributed by atoms with Gasteiger partial charge in [0, 0.05) is 24.2 Å². The molecule has 0 amide bonds. The number of nitrogen functional groups attached to an aromatic ring is 1. The molecule has 1 aromatic carbocycles. The number of anilines is 1. The van der Waals surface area contributed by atoms with Crippen LogP contribution in [0, 0.1) is 11.8 Å². The number of nitrogens with two attached hydrogens (primary N) is 1. The third kappa shape index (κ3) is 3.61. The molecule has 1 aliphatic heterocycles. The zero-order valence-corrected chi connectivity index (χ0v) is 15.1. The lowest BCUT2D eigenvalue weighted by molar-refractivity contribution is 0.304. The molecule has 2 aromatic rings. The fourth-order valence-electron chi connectivity index (χ4n) is 3.80. The van der Waals surface area contributed by atoms with Crippen LogP contribution < -0.4 is 25.8 Å². The number of pyridine rings is 1. The van der Waals surface area contributed by atoms with Gasteiger partial charge in [0.1, 0.15) is 23.9 Å². The van der Waals surface area contributed by atoms with Crippen LogP contribution in [0.15, 0.2) is 36.4 Å². The molecular weight excluding hydrogens is 328 g/mol. The topological polar surface area (TPSA) is 81.4 Å². The van der Waals surface area contributed by atoms with Crippen molar-refractivity contribution in [2.24, 2.45) is 11.8 Å². The molecule has 2 heterocycles. The zero-order chi connectivity index (χ0) is 17.9. The Morgan fingerprint density at radius 2 is 2.04 bits per heavy atom. The summed E-state index contributed by atoms with van der Waals surface area (Å²) in [6.45, 7) is 6.36. The summed E-state index contributed by atoms with van der Waals surface area (Å²) < 4.78 is 11.7. The Morgan fingerprint density at radius 1 is 1.19 bits per heavy atom. The summed E-state index contributed by atoms with van der Waals surface area (Å²) in [5.74, 6) is 3.71. The lowest BCUT2D eigenvalue weighted by atomic mass is 10.1. The summed E-state index contributed by atoms with van der Waals surface area (Å²) in [7, 11) is 0. The molecular formula is C20H26N4O2. The van der Waals surface area contributed by atoms with Crippen molar-refractivity contribution in [2.45, 2.75) is 13.0 Å². The molecule has 0 bridgehead atoms. The maximum absolute atomic E-state index is 5.90. The highest BCUT2D eigenvalue weighted by Gasteiger charge is 2.52. The van der Waals surface area contributed by atoms with Gasteiger partial charge >= 0.3 is 0 Å². The number of hydrogen-bond donors (Lipinski definition) is 3. The Morgan fingerprint density at radius 3 is 2.81 bits per heavy atom. The molecule has 2 aliphatic rings. The van der Waals surface area contributed by atoms with Crippen LogP contribution in [0.25, 0.3) is 11.3 Å². The van der Waals surface area contributed by atoms with Gasteiger partial charge in [-0.1, -0.05) is 6.07 Å². The van der Waals surface area contributed by atoms with Crippen molar-refractivity contribution in [1.82, 2.24) is 15.6 Å². The van der Waals surface area contributed by atoms with Gasteiger partial charge in [-0.2, -0.15) is 0 Å². The number of piperidine rings is 1. The monoisotopic (exact) mass is 354 g/mol. The standard InChI is InChI=1S/C20H26N4O2/c1-2-25-18-10-13(6-7-14(18)17-4-3-5-19(21)24-17)26-9-8-23-20-15-11-22-12-16(15)20/h3-7,10,15-16,20,22-23H,2,8-9,11-12H2,1H3,(H2,21,24). The predicted molar refractivity (Wildman–Crippen MR) is 102 cm³/mol. The molecule has 2 atom stereocenters. The van der Waals surface area contributed by atoms with Crippen LogP contribution in [0.5, 0.6) is 11.5 Å². The zero-order valence-electron chi connectivity index (χ0n) is 15.1. The van der Waals surface area contributed by atoms with E-state index in [0.717, 1.165) is 54.2 Å². The van der Waals surface area contributed by atoms with Gasteiger partial charge in [0.2, 0.25) is 0 Å². The van der Waals surface area contributed by atoms with Crippen molar-refractivity contribution >= 4 is 5.82 Å². The summed E-state index contributed by atoms with van der Waals surface area (Å²) in [6, 6.07) is 12.1. The van der Waals surface area contributed by atoms with Crippen LogP contribution in [-0.2, 0) is 0 Å². The Kier molecular flexibility index (Phi) is 4.95. The molecule has 0 radical (unpaired) electrons. The SMILES string of the molecule is CCOc1cc(OCCNC2C3CNCC32)ccc1-c1cccc(N)n1. The molecule has 0 spiro atoms. The normalized spacial score (nSPS) is 23.5. The van der Waals surface area contributed by atoms with Crippen molar-refractivity contribution in [1.29, 1.82) is 0 Å². The Hall–Kier alpha value is -2.31. The van der Waals surface area contributed by atoms with E-state index in [2.05, 4.69) is 15.6 Å². The number of ether oxygens (including phenoxy) is 2. The average molecular weight is 354 g/mol. The fraction of sp³-hybridized carbons (Fsp3) is 0.450. The minimum Gasteiger partial charge on any atom is -0.493 e. The summed E-state index contributed by atoms with van der Waals surface area (Å²) in [5.41, 5.74) is 7.53. The van der Waals surface area contributed by atoms with Crippen molar-refractivity contribution in [3.8, 4) is 22.8 Å². The molecule has 2 fully saturated rings. The first-order valence-electron chi connectivity index (χ1n) is 9.33. The fourth-order valence-corrected chi connectivity index (χ4v) is 3.80. The Balaban J connectivity index is 1.36. The average Bonchev–Trinajstić information content (AvgIpc) is 3.07. The van der Waals surface area contributed by atoms with Crippen LogP contribution in [0.3, 0.4) is 0 Å². The quantitative estimate of drug-likeness (QED) is 0.629. The molecule has 6 nitrogen and oxygen atoms in total. The van der Waals surface area contributed by atoms with Crippen LogP contribution in [0.2, 0.25) is 0 Å². The predicted octanol–water partition coefficient (Wildman–Crippen LogP) is 1.92. The van der Waals surface area contributed by atoms with E-state index < -0.39 is 0 Å². The second kappa shape index (κ2) is 7.51. The van der Waals surface area contributed by atoms with Crippen molar-refractivity contribution in [3.05, 3.63) is 36.4 Å². The van der Waals surface area contributed by atoms with Crippen LogP contribution >= 0.6 is 0 Å². The summed E-state index contributed by atoms with van der Waals surface area (Å²) in [4.78, 5) is 4.39. The molecule has 1 aliphatic carbocycles. The third-order valence-electron chi connectivity index (χ3n) is 5.14. The van der Waals surface area contributed by atoms with Gasteiger partial charge in [0.05, 0.1) is 12.3 Å². The maximum atomic E-state index is 5.90.